The Balaban J connectivity index is 1.63. The number of hydrogen-bond donors (Lipinski definition) is 0. The van der Waals surface area contributed by atoms with E-state index in [9.17, 15) is 4.79 Å². The van der Waals surface area contributed by atoms with E-state index < -0.39 is 0 Å². The normalized spacial score (nSPS) is 20.5. The van der Waals surface area contributed by atoms with Crippen molar-refractivity contribution in [2.45, 2.75) is 53.0 Å². The van der Waals surface area contributed by atoms with Crippen LogP contribution < -0.4 is 0 Å². The van der Waals surface area contributed by atoms with E-state index in [4.69, 9.17) is 5.10 Å². The van der Waals surface area contributed by atoms with Crippen LogP contribution in [0.15, 0.2) is 47.6 Å². The molecule has 2 aliphatic heterocycles. The van der Waals surface area contributed by atoms with Gasteiger partial charge in [-0.3, -0.25) is 9.69 Å². The van der Waals surface area contributed by atoms with Gasteiger partial charge in [0, 0.05) is 6.42 Å². The quantitative estimate of drug-likeness (QED) is 0.718. The molecule has 0 N–H and O–H groups in total. The molecule has 0 saturated carbocycles. The summed E-state index contributed by atoms with van der Waals surface area (Å²) in [4.78, 5) is 15.7. The van der Waals surface area contributed by atoms with Crippen molar-refractivity contribution in [2.75, 3.05) is 19.6 Å². The van der Waals surface area contributed by atoms with E-state index >= 15 is 0 Å². The van der Waals surface area contributed by atoms with Gasteiger partial charge in [-0.2, -0.15) is 5.10 Å². The number of piperidine rings is 1. The van der Waals surface area contributed by atoms with Crippen LogP contribution in [0.25, 0.3) is 0 Å². The summed E-state index contributed by atoms with van der Waals surface area (Å²) in [5, 5.41) is 6.66. The second-order valence-electron chi connectivity index (χ2n) is 9.19. The average Bonchev–Trinajstić information content (AvgIpc) is 3.17. The highest BCUT2D eigenvalue weighted by Gasteiger charge is 2.34. The molecule has 1 fully saturated rings. The summed E-state index contributed by atoms with van der Waals surface area (Å²) < 4.78 is 0. The van der Waals surface area contributed by atoms with Crippen LogP contribution in [0, 0.1) is 26.7 Å². The number of hydrogen-bond acceptors (Lipinski definition) is 3. The molecule has 2 aromatic rings. The van der Waals surface area contributed by atoms with Crippen LogP contribution in [-0.4, -0.2) is 41.2 Å². The van der Waals surface area contributed by atoms with Crippen LogP contribution in [0.1, 0.15) is 60.0 Å². The predicted octanol–water partition coefficient (Wildman–Crippen LogP) is 5.02. The van der Waals surface area contributed by atoms with Gasteiger partial charge in [0.2, 0.25) is 0 Å². The van der Waals surface area contributed by atoms with Gasteiger partial charge < -0.3 is 0 Å². The Morgan fingerprint density at radius 2 is 1.77 bits per heavy atom. The third kappa shape index (κ3) is 4.49. The van der Waals surface area contributed by atoms with Crippen LogP contribution >= 0.6 is 0 Å². The zero-order chi connectivity index (χ0) is 21.3. The molecule has 0 spiro atoms. The Kier molecular flexibility index (Phi) is 6.05. The fraction of sp³-hybridized carbons (Fsp3) is 0.462. The number of nitrogens with zero attached hydrogens (tertiary/aromatic N) is 3. The first-order chi connectivity index (χ1) is 14.4. The molecule has 4 nitrogen and oxygen atoms in total. The maximum atomic E-state index is 13.4. The van der Waals surface area contributed by atoms with Crippen LogP contribution in [0.2, 0.25) is 0 Å². The number of benzene rings is 2. The number of carbonyl (C=O) groups excluding carboxylic acids is 1. The van der Waals surface area contributed by atoms with E-state index in [1.807, 2.05) is 0 Å². The lowest BCUT2D eigenvalue weighted by atomic mass is 9.93. The van der Waals surface area contributed by atoms with Crippen LogP contribution in [0.5, 0.6) is 0 Å². The van der Waals surface area contributed by atoms with Crippen LogP contribution in [0.4, 0.5) is 0 Å². The number of hydrazone groups is 1. The topological polar surface area (TPSA) is 35.9 Å². The summed E-state index contributed by atoms with van der Waals surface area (Å²) >= 11 is 0. The van der Waals surface area contributed by atoms with Crippen molar-refractivity contribution in [1.29, 1.82) is 0 Å². The van der Waals surface area contributed by atoms with Gasteiger partial charge in [-0.1, -0.05) is 60.5 Å². The minimum absolute atomic E-state index is 0.0309. The van der Waals surface area contributed by atoms with E-state index in [2.05, 4.69) is 75.1 Å². The molecule has 158 valence electrons. The van der Waals surface area contributed by atoms with Crippen molar-refractivity contribution in [1.82, 2.24) is 9.91 Å². The molecule has 1 atom stereocenters. The highest BCUT2D eigenvalue weighted by molar-refractivity contribution is 6.03. The van der Waals surface area contributed by atoms with Crippen molar-refractivity contribution in [3.05, 3.63) is 70.3 Å². The minimum atomic E-state index is -0.0309. The molecule has 2 heterocycles. The summed E-state index contributed by atoms with van der Waals surface area (Å²) in [5.74, 6) is 0.870. The van der Waals surface area contributed by atoms with Gasteiger partial charge in [0.05, 0.1) is 18.3 Å². The lowest BCUT2D eigenvalue weighted by Crippen LogP contribution is -2.41. The third-order valence-electron chi connectivity index (χ3n) is 6.55. The summed E-state index contributed by atoms with van der Waals surface area (Å²) in [7, 11) is 0. The van der Waals surface area contributed by atoms with Gasteiger partial charge in [0.1, 0.15) is 0 Å². The second kappa shape index (κ2) is 8.73. The Morgan fingerprint density at radius 1 is 1.03 bits per heavy atom. The van der Waals surface area contributed by atoms with Crippen LogP contribution in [0.3, 0.4) is 0 Å². The first-order valence-corrected chi connectivity index (χ1v) is 11.2. The predicted molar refractivity (Wildman–Crippen MR) is 123 cm³/mol. The monoisotopic (exact) mass is 403 g/mol. The van der Waals surface area contributed by atoms with E-state index in [-0.39, 0.29) is 11.9 Å². The molecule has 0 aromatic heterocycles. The third-order valence-corrected chi connectivity index (χ3v) is 6.55. The molecule has 30 heavy (non-hydrogen) atoms. The highest BCUT2D eigenvalue weighted by atomic mass is 16.2. The molecule has 4 rings (SSSR count). The summed E-state index contributed by atoms with van der Waals surface area (Å²) in [6.45, 7) is 11.1. The number of likely N-dealkylation sites (tertiary alicyclic amines) is 1. The summed E-state index contributed by atoms with van der Waals surface area (Å²) in [5.41, 5.74) is 6.98. The fourth-order valence-electron chi connectivity index (χ4n) is 4.58. The van der Waals surface area contributed by atoms with E-state index in [0.717, 1.165) is 36.7 Å². The molecule has 0 unspecified atom stereocenters. The first-order valence-electron chi connectivity index (χ1n) is 11.2. The van der Waals surface area contributed by atoms with Gasteiger partial charge in [-0.15, -0.1) is 0 Å². The van der Waals surface area contributed by atoms with Gasteiger partial charge in [-0.05, 0) is 69.3 Å². The lowest BCUT2D eigenvalue weighted by molar-refractivity contribution is -0.134. The van der Waals surface area contributed by atoms with Gasteiger partial charge in [0.25, 0.3) is 5.91 Å². The largest absolute Gasteiger partial charge is 0.294 e. The molecular formula is C26H33N3O. The molecule has 2 aromatic carbocycles. The Labute approximate surface area is 180 Å². The van der Waals surface area contributed by atoms with E-state index in [1.165, 1.54) is 35.1 Å². The van der Waals surface area contributed by atoms with Gasteiger partial charge in [0.15, 0.2) is 0 Å². The lowest BCUT2D eigenvalue weighted by Gasteiger charge is -2.31. The molecule has 2 aliphatic rings. The van der Waals surface area contributed by atoms with E-state index in [1.54, 1.807) is 5.01 Å². The number of carbonyl (C=O) groups is 1. The average molecular weight is 404 g/mol. The number of rotatable bonds is 4. The Hall–Kier alpha value is -2.46. The molecule has 0 bridgehead atoms. The molecular weight excluding hydrogens is 370 g/mol. The van der Waals surface area contributed by atoms with Crippen molar-refractivity contribution in [3.63, 3.8) is 0 Å². The number of amides is 1. The molecule has 1 amide bonds. The maximum absolute atomic E-state index is 13.4. The smallest absolute Gasteiger partial charge is 0.257 e. The van der Waals surface area contributed by atoms with Crippen molar-refractivity contribution < 1.29 is 4.79 Å². The molecule has 0 aliphatic carbocycles. The van der Waals surface area contributed by atoms with Crippen molar-refractivity contribution >= 4 is 11.6 Å². The maximum Gasteiger partial charge on any atom is 0.257 e. The van der Waals surface area contributed by atoms with Gasteiger partial charge in [-0.25, -0.2) is 5.01 Å². The Morgan fingerprint density at radius 3 is 2.50 bits per heavy atom. The minimum Gasteiger partial charge on any atom is -0.294 e. The zero-order valence-corrected chi connectivity index (χ0v) is 18.7. The summed E-state index contributed by atoms with van der Waals surface area (Å²) in [6, 6.07) is 14.9. The molecule has 4 heteroatoms. The molecule has 1 saturated heterocycles. The van der Waals surface area contributed by atoms with Crippen molar-refractivity contribution in [2.24, 2.45) is 11.0 Å². The van der Waals surface area contributed by atoms with Gasteiger partial charge >= 0.3 is 0 Å². The zero-order valence-electron chi connectivity index (χ0n) is 18.7. The second-order valence-corrected chi connectivity index (χ2v) is 9.19. The van der Waals surface area contributed by atoms with Crippen LogP contribution in [-0.2, 0) is 4.79 Å². The summed E-state index contributed by atoms with van der Waals surface area (Å²) in [6.07, 6.45) is 3.10. The standard InChI is InChI=1S/C26H33N3O/c1-18-10-12-28(13-11-18)17-26(30)29-25(23-15-20(3)8-9-21(23)4)16-24(27-29)22-7-5-6-19(2)14-22/h5-9,14-15,18,25H,10-13,16-17H2,1-4H3/t25-/m0/s1. The molecule has 0 radical (unpaired) electrons. The van der Waals surface area contributed by atoms with Crippen molar-refractivity contribution in [3.8, 4) is 0 Å². The first kappa shape index (κ1) is 20.8. The number of aryl methyl sites for hydroxylation is 3. The van der Waals surface area contributed by atoms with E-state index in [0.29, 0.717) is 6.54 Å². The SMILES string of the molecule is Cc1cccc(C2=NN(C(=O)CN3CCC(C)CC3)[C@H](c3cc(C)ccc3C)C2)c1. The Bertz CT molecular complexity index is 957. The fourth-order valence-corrected chi connectivity index (χ4v) is 4.58. The highest BCUT2D eigenvalue weighted by Crippen LogP contribution is 2.35.